The zero-order valence-electron chi connectivity index (χ0n) is 10.3. The number of aromatic nitrogens is 2. The lowest BCUT2D eigenvalue weighted by molar-refractivity contribution is 0.0698. The van der Waals surface area contributed by atoms with Crippen LogP contribution in [0.15, 0.2) is 36.8 Å². The van der Waals surface area contributed by atoms with E-state index in [9.17, 15) is 4.79 Å². The number of rotatable bonds is 5. The van der Waals surface area contributed by atoms with E-state index in [0.29, 0.717) is 18.0 Å². The molecule has 1 aromatic carbocycles. The van der Waals surface area contributed by atoms with Crippen LogP contribution in [-0.2, 0) is 6.54 Å². The summed E-state index contributed by atoms with van der Waals surface area (Å²) in [6.45, 7) is 0.413. The van der Waals surface area contributed by atoms with Crippen LogP contribution in [0.3, 0.4) is 0 Å². The van der Waals surface area contributed by atoms with E-state index in [1.807, 2.05) is 0 Å². The lowest BCUT2D eigenvalue weighted by atomic mass is 10.1. The molecule has 1 heterocycles. The van der Waals surface area contributed by atoms with Gasteiger partial charge in [0.05, 0.1) is 30.6 Å². The third-order valence-electron chi connectivity index (χ3n) is 2.56. The molecule has 98 valence electrons. The summed E-state index contributed by atoms with van der Waals surface area (Å²) in [6.07, 6.45) is 3.08. The van der Waals surface area contributed by atoms with Gasteiger partial charge in [-0.2, -0.15) is 0 Å². The monoisotopic (exact) mass is 259 g/mol. The number of hydrogen-bond acceptors (Lipinski definition) is 5. The van der Waals surface area contributed by atoms with Crippen molar-refractivity contribution in [1.82, 2.24) is 9.97 Å². The molecule has 0 aliphatic heterocycles. The Kier molecular flexibility index (Phi) is 3.92. The van der Waals surface area contributed by atoms with E-state index in [1.165, 1.54) is 19.5 Å². The third kappa shape index (κ3) is 3.19. The van der Waals surface area contributed by atoms with E-state index in [2.05, 4.69) is 15.3 Å². The zero-order valence-corrected chi connectivity index (χ0v) is 10.3. The van der Waals surface area contributed by atoms with Crippen molar-refractivity contribution >= 4 is 11.7 Å². The minimum absolute atomic E-state index is 0.190. The number of carboxylic acids is 1. The third-order valence-corrected chi connectivity index (χ3v) is 2.56. The Bertz CT molecular complexity index is 573. The first-order valence-corrected chi connectivity index (χ1v) is 5.61. The number of nitrogens with zero attached hydrogens (tertiary/aromatic N) is 2. The van der Waals surface area contributed by atoms with Crippen molar-refractivity contribution < 1.29 is 14.6 Å². The first kappa shape index (κ1) is 12.8. The molecule has 2 aromatic rings. The largest absolute Gasteiger partial charge is 0.497 e. The number of ether oxygens (including phenoxy) is 1. The van der Waals surface area contributed by atoms with Crippen molar-refractivity contribution in [3.05, 3.63) is 48.0 Å². The lowest BCUT2D eigenvalue weighted by Gasteiger charge is -2.10. The van der Waals surface area contributed by atoms with Crippen molar-refractivity contribution in [2.45, 2.75) is 6.54 Å². The van der Waals surface area contributed by atoms with Crippen LogP contribution in [0.5, 0.6) is 5.75 Å². The van der Waals surface area contributed by atoms with Crippen molar-refractivity contribution in [2.24, 2.45) is 0 Å². The molecule has 0 aliphatic rings. The fraction of sp³-hybridized carbons (Fsp3) is 0.154. The molecule has 0 saturated heterocycles. The van der Waals surface area contributed by atoms with E-state index in [4.69, 9.17) is 9.84 Å². The molecule has 2 rings (SSSR count). The zero-order chi connectivity index (χ0) is 13.7. The molecule has 0 amide bonds. The van der Waals surface area contributed by atoms with Crippen molar-refractivity contribution in [3.8, 4) is 5.75 Å². The molecule has 0 fully saturated rings. The first-order chi connectivity index (χ1) is 9.20. The number of anilines is 1. The highest BCUT2D eigenvalue weighted by molar-refractivity contribution is 5.94. The van der Waals surface area contributed by atoms with E-state index in [0.717, 1.165) is 5.69 Å². The van der Waals surface area contributed by atoms with Crippen molar-refractivity contribution in [3.63, 3.8) is 0 Å². The fourth-order valence-electron chi connectivity index (χ4n) is 1.59. The highest BCUT2D eigenvalue weighted by atomic mass is 16.5. The van der Waals surface area contributed by atoms with Gasteiger partial charge in [-0.05, 0) is 18.2 Å². The predicted molar refractivity (Wildman–Crippen MR) is 69.3 cm³/mol. The summed E-state index contributed by atoms with van der Waals surface area (Å²) < 4.78 is 5.08. The Labute approximate surface area is 110 Å². The van der Waals surface area contributed by atoms with Crippen LogP contribution in [-0.4, -0.2) is 28.2 Å². The van der Waals surface area contributed by atoms with Gasteiger partial charge < -0.3 is 15.2 Å². The molecule has 6 nitrogen and oxygen atoms in total. The van der Waals surface area contributed by atoms with Crippen molar-refractivity contribution in [2.75, 3.05) is 12.4 Å². The second-order valence-corrected chi connectivity index (χ2v) is 3.77. The van der Waals surface area contributed by atoms with E-state index in [1.54, 1.807) is 24.4 Å². The van der Waals surface area contributed by atoms with Gasteiger partial charge in [-0.25, -0.2) is 14.8 Å². The summed E-state index contributed by atoms with van der Waals surface area (Å²) in [4.78, 5) is 19.0. The highest BCUT2D eigenvalue weighted by Crippen LogP contribution is 2.23. The first-order valence-electron chi connectivity index (χ1n) is 5.61. The molecule has 0 aliphatic carbocycles. The predicted octanol–water partition coefficient (Wildman–Crippen LogP) is 1.80. The fourth-order valence-corrected chi connectivity index (χ4v) is 1.59. The standard InChI is InChI=1S/C13H13N3O3/c1-19-10-2-3-11(13(17)18)12(6-10)15-7-9-4-5-14-8-16-9/h2-6,8,15H,7H2,1H3,(H,17,18). The normalized spacial score (nSPS) is 9.95. The Hall–Kier alpha value is -2.63. The minimum Gasteiger partial charge on any atom is -0.497 e. The minimum atomic E-state index is -0.993. The number of methoxy groups -OCH3 is 1. The number of carbonyl (C=O) groups is 1. The summed E-state index contributed by atoms with van der Waals surface area (Å²) in [6, 6.07) is 6.51. The van der Waals surface area contributed by atoms with Gasteiger partial charge in [0.2, 0.25) is 0 Å². The van der Waals surface area contributed by atoms with Crippen LogP contribution >= 0.6 is 0 Å². The summed E-state index contributed by atoms with van der Waals surface area (Å²) in [5, 5.41) is 12.2. The number of nitrogens with one attached hydrogen (secondary N) is 1. The maximum Gasteiger partial charge on any atom is 0.337 e. The second kappa shape index (κ2) is 5.81. The molecule has 0 bridgehead atoms. The molecule has 0 unspecified atom stereocenters. The molecule has 2 N–H and O–H groups in total. The maximum atomic E-state index is 11.1. The molecular weight excluding hydrogens is 246 g/mol. The number of carboxylic acid groups (broad SMARTS) is 1. The highest BCUT2D eigenvalue weighted by Gasteiger charge is 2.11. The van der Waals surface area contributed by atoms with Gasteiger partial charge in [-0.3, -0.25) is 0 Å². The number of benzene rings is 1. The molecule has 0 radical (unpaired) electrons. The summed E-state index contributed by atoms with van der Waals surface area (Å²) in [5.74, 6) is -0.400. The van der Waals surface area contributed by atoms with Gasteiger partial charge in [0.1, 0.15) is 12.1 Å². The average molecular weight is 259 g/mol. The van der Waals surface area contributed by atoms with E-state index >= 15 is 0 Å². The van der Waals surface area contributed by atoms with Gasteiger partial charge in [0, 0.05) is 12.3 Å². The molecule has 1 aromatic heterocycles. The van der Waals surface area contributed by atoms with Crippen LogP contribution in [0.25, 0.3) is 0 Å². The van der Waals surface area contributed by atoms with Crippen LogP contribution in [0.4, 0.5) is 5.69 Å². The second-order valence-electron chi connectivity index (χ2n) is 3.77. The summed E-state index contributed by atoms with van der Waals surface area (Å²) in [5.41, 5.74) is 1.45. The number of aromatic carboxylic acids is 1. The van der Waals surface area contributed by atoms with Crippen LogP contribution in [0.2, 0.25) is 0 Å². The quantitative estimate of drug-likeness (QED) is 0.851. The maximum absolute atomic E-state index is 11.1. The molecule has 0 saturated carbocycles. The van der Waals surface area contributed by atoms with Crippen LogP contribution in [0.1, 0.15) is 16.1 Å². The van der Waals surface area contributed by atoms with E-state index in [-0.39, 0.29) is 5.56 Å². The van der Waals surface area contributed by atoms with Gasteiger partial charge in [-0.15, -0.1) is 0 Å². The summed E-state index contributed by atoms with van der Waals surface area (Å²) in [7, 11) is 1.53. The molecular formula is C13H13N3O3. The Morgan fingerprint density at radius 2 is 2.26 bits per heavy atom. The Morgan fingerprint density at radius 1 is 1.42 bits per heavy atom. The molecule has 6 heteroatoms. The average Bonchev–Trinajstić information content (AvgIpc) is 2.45. The Morgan fingerprint density at radius 3 is 2.89 bits per heavy atom. The smallest absolute Gasteiger partial charge is 0.337 e. The number of hydrogen-bond donors (Lipinski definition) is 2. The van der Waals surface area contributed by atoms with Gasteiger partial charge >= 0.3 is 5.97 Å². The molecule has 0 spiro atoms. The van der Waals surface area contributed by atoms with Gasteiger partial charge in [0.25, 0.3) is 0 Å². The summed E-state index contributed by atoms with van der Waals surface area (Å²) >= 11 is 0. The SMILES string of the molecule is COc1ccc(C(=O)O)c(NCc2ccncn2)c1. The van der Waals surface area contributed by atoms with Crippen LogP contribution < -0.4 is 10.1 Å². The van der Waals surface area contributed by atoms with E-state index < -0.39 is 5.97 Å². The molecule has 0 atom stereocenters. The topological polar surface area (TPSA) is 84.3 Å². The molecule has 19 heavy (non-hydrogen) atoms. The lowest BCUT2D eigenvalue weighted by Crippen LogP contribution is -2.07. The Balaban J connectivity index is 2.20. The van der Waals surface area contributed by atoms with Gasteiger partial charge in [0.15, 0.2) is 0 Å². The van der Waals surface area contributed by atoms with Crippen molar-refractivity contribution in [1.29, 1.82) is 0 Å². The van der Waals surface area contributed by atoms with Crippen LogP contribution in [0, 0.1) is 0 Å². The van der Waals surface area contributed by atoms with Gasteiger partial charge in [-0.1, -0.05) is 0 Å².